The van der Waals surface area contributed by atoms with Gasteiger partial charge in [-0.2, -0.15) is 0 Å². The minimum Gasteiger partial charge on any atom is -0.461 e. The molecule has 123 valence electrons. The molecule has 2 rings (SSSR count). The molecule has 5 heteroatoms. The van der Waals surface area contributed by atoms with Crippen LogP contribution in [-0.4, -0.2) is 39.9 Å². The van der Waals surface area contributed by atoms with Gasteiger partial charge in [0.2, 0.25) is 6.29 Å². The Balaban J connectivity index is 2.32. The van der Waals surface area contributed by atoms with E-state index in [1.165, 1.54) is 0 Å². The average molecular weight is 309 g/mol. The van der Waals surface area contributed by atoms with Crippen LogP contribution in [0.1, 0.15) is 50.7 Å². The highest BCUT2D eigenvalue weighted by molar-refractivity contribution is 5.45. The van der Waals surface area contributed by atoms with Gasteiger partial charge >= 0.3 is 0 Å². The largest absolute Gasteiger partial charge is 0.461 e. The van der Waals surface area contributed by atoms with E-state index in [2.05, 4.69) is 27.7 Å². The first-order valence-corrected chi connectivity index (χ1v) is 7.65. The lowest BCUT2D eigenvalue weighted by Crippen LogP contribution is -2.53. The summed E-state index contributed by atoms with van der Waals surface area (Å²) in [6.45, 7) is 9.35. The third-order valence-corrected chi connectivity index (χ3v) is 3.88. The molecule has 1 fully saturated rings. The molecule has 0 aromatic heterocycles. The van der Waals surface area contributed by atoms with Gasteiger partial charge in [-0.15, -0.1) is 0 Å². The van der Waals surface area contributed by atoms with Gasteiger partial charge in [-0.1, -0.05) is 45.9 Å². The highest BCUT2D eigenvalue weighted by Gasteiger charge is 2.40. The van der Waals surface area contributed by atoms with Crippen molar-refractivity contribution in [2.45, 2.75) is 64.1 Å². The van der Waals surface area contributed by atoms with Gasteiger partial charge in [0.25, 0.3) is 0 Å². The molecule has 1 aromatic rings. The molecule has 0 aliphatic carbocycles. The number of hydrogen-bond donors (Lipinski definition) is 3. The third-order valence-electron chi connectivity index (χ3n) is 3.88. The minimum absolute atomic E-state index is 0.244. The molecule has 0 spiro atoms. The van der Waals surface area contributed by atoms with Crippen LogP contribution >= 0.6 is 0 Å². The highest BCUT2D eigenvalue weighted by Crippen LogP contribution is 2.36. The lowest BCUT2D eigenvalue weighted by atomic mass is 9.94. The van der Waals surface area contributed by atoms with Crippen molar-refractivity contribution in [3.05, 3.63) is 35.9 Å². The molecule has 4 atom stereocenters. The second kappa shape index (κ2) is 6.96. The van der Waals surface area contributed by atoms with Gasteiger partial charge in [0.1, 0.15) is 30.7 Å². The van der Waals surface area contributed by atoms with E-state index in [-0.39, 0.29) is 11.8 Å². The SMILES string of the molecule is CC(C)c1cccc(C(C)C)c1OC1O[CH]C(O)C(O)C1O. The van der Waals surface area contributed by atoms with E-state index >= 15 is 0 Å². The van der Waals surface area contributed by atoms with Crippen molar-refractivity contribution >= 4 is 0 Å². The maximum absolute atomic E-state index is 10.0. The minimum atomic E-state index is -1.33. The summed E-state index contributed by atoms with van der Waals surface area (Å²) in [5.74, 6) is 1.16. The molecular weight excluding hydrogens is 284 g/mol. The lowest BCUT2D eigenvalue weighted by molar-refractivity contribution is -0.218. The Bertz CT molecular complexity index is 474. The number of rotatable bonds is 4. The van der Waals surface area contributed by atoms with Crippen LogP contribution < -0.4 is 4.74 Å². The molecule has 1 aromatic carbocycles. The predicted molar refractivity (Wildman–Crippen MR) is 82.4 cm³/mol. The monoisotopic (exact) mass is 309 g/mol. The third kappa shape index (κ3) is 3.43. The van der Waals surface area contributed by atoms with Crippen molar-refractivity contribution in [2.24, 2.45) is 0 Å². The van der Waals surface area contributed by atoms with Gasteiger partial charge in [-0.05, 0) is 23.0 Å². The molecule has 4 unspecified atom stereocenters. The summed E-state index contributed by atoms with van der Waals surface area (Å²) in [5.41, 5.74) is 2.03. The molecule has 3 N–H and O–H groups in total. The van der Waals surface area contributed by atoms with Gasteiger partial charge in [0.15, 0.2) is 0 Å². The Labute approximate surface area is 131 Å². The smallest absolute Gasteiger partial charge is 0.229 e. The molecule has 0 amide bonds. The standard InChI is InChI=1S/C17H25O5/c1-9(2)11-6-5-7-12(10(3)4)16(11)22-17-15(20)14(19)13(18)8-21-17/h5-10,13-15,17-20H,1-4H3. The Kier molecular flexibility index (Phi) is 5.45. The summed E-state index contributed by atoms with van der Waals surface area (Å²) in [6, 6.07) is 5.95. The molecule has 22 heavy (non-hydrogen) atoms. The molecule has 5 nitrogen and oxygen atoms in total. The van der Waals surface area contributed by atoms with E-state index in [1.807, 2.05) is 18.2 Å². The van der Waals surface area contributed by atoms with Crippen LogP contribution in [0.5, 0.6) is 5.75 Å². The number of benzene rings is 1. The molecule has 1 aliphatic heterocycles. The van der Waals surface area contributed by atoms with Crippen molar-refractivity contribution in [1.29, 1.82) is 0 Å². The summed E-state index contributed by atoms with van der Waals surface area (Å²) < 4.78 is 11.1. The Morgan fingerprint density at radius 2 is 1.50 bits per heavy atom. The second-order valence-electron chi connectivity index (χ2n) is 6.31. The quantitative estimate of drug-likeness (QED) is 0.792. The zero-order valence-electron chi connectivity index (χ0n) is 13.4. The maximum Gasteiger partial charge on any atom is 0.229 e. The Morgan fingerprint density at radius 3 is 2.00 bits per heavy atom. The number of aliphatic hydroxyl groups excluding tert-OH is 3. The fourth-order valence-electron chi connectivity index (χ4n) is 2.51. The van der Waals surface area contributed by atoms with E-state index in [9.17, 15) is 15.3 Å². The van der Waals surface area contributed by atoms with Gasteiger partial charge in [0, 0.05) is 0 Å². The van der Waals surface area contributed by atoms with Crippen LogP contribution in [0.2, 0.25) is 0 Å². The molecule has 1 heterocycles. The van der Waals surface area contributed by atoms with Gasteiger partial charge in [-0.25, -0.2) is 0 Å². The summed E-state index contributed by atoms with van der Waals surface area (Å²) >= 11 is 0. The first-order chi connectivity index (χ1) is 10.3. The van der Waals surface area contributed by atoms with Crippen molar-refractivity contribution in [3.63, 3.8) is 0 Å². The number of hydrogen-bond acceptors (Lipinski definition) is 5. The Morgan fingerprint density at radius 1 is 0.955 bits per heavy atom. The number of para-hydroxylation sites is 1. The van der Waals surface area contributed by atoms with Crippen LogP contribution in [0.4, 0.5) is 0 Å². The predicted octanol–water partition coefficient (Wildman–Crippen LogP) is 1.91. The highest BCUT2D eigenvalue weighted by atomic mass is 16.7. The van der Waals surface area contributed by atoms with E-state index in [1.54, 1.807) is 0 Å². The zero-order chi connectivity index (χ0) is 16.4. The molecule has 0 bridgehead atoms. The van der Waals surface area contributed by atoms with Gasteiger partial charge in [0.05, 0.1) is 0 Å². The fraction of sp³-hybridized carbons (Fsp3) is 0.588. The van der Waals surface area contributed by atoms with Gasteiger partial charge < -0.3 is 24.8 Å². The molecule has 1 saturated heterocycles. The Hall–Kier alpha value is -1.14. The zero-order valence-corrected chi connectivity index (χ0v) is 13.4. The summed E-state index contributed by atoms with van der Waals surface area (Å²) in [5, 5.41) is 29.3. The van der Waals surface area contributed by atoms with E-state index in [4.69, 9.17) is 9.47 Å². The van der Waals surface area contributed by atoms with Crippen molar-refractivity contribution in [3.8, 4) is 5.75 Å². The van der Waals surface area contributed by atoms with E-state index in [0.29, 0.717) is 5.75 Å². The maximum atomic E-state index is 10.0. The lowest BCUT2D eigenvalue weighted by Gasteiger charge is -2.35. The van der Waals surface area contributed by atoms with Crippen LogP contribution in [-0.2, 0) is 4.74 Å². The fourth-order valence-corrected chi connectivity index (χ4v) is 2.51. The van der Waals surface area contributed by atoms with Crippen LogP contribution in [0, 0.1) is 6.61 Å². The number of aliphatic hydroxyl groups is 3. The second-order valence-corrected chi connectivity index (χ2v) is 6.31. The molecule has 1 aliphatic rings. The molecule has 1 radical (unpaired) electrons. The van der Waals surface area contributed by atoms with Crippen LogP contribution in [0.15, 0.2) is 18.2 Å². The summed E-state index contributed by atoms with van der Waals surface area (Å²) in [7, 11) is 0. The summed E-state index contributed by atoms with van der Waals surface area (Å²) in [6.07, 6.45) is -4.91. The van der Waals surface area contributed by atoms with Crippen molar-refractivity contribution in [1.82, 2.24) is 0 Å². The van der Waals surface area contributed by atoms with E-state index in [0.717, 1.165) is 17.7 Å². The first-order valence-electron chi connectivity index (χ1n) is 7.65. The molecular formula is C17H25O5. The molecule has 0 saturated carbocycles. The topological polar surface area (TPSA) is 79.2 Å². The average Bonchev–Trinajstić information content (AvgIpc) is 2.47. The first kappa shape index (κ1) is 17.2. The summed E-state index contributed by atoms with van der Waals surface area (Å²) in [4.78, 5) is 0. The van der Waals surface area contributed by atoms with Crippen LogP contribution in [0.3, 0.4) is 0 Å². The van der Waals surface area contributed by atoms with Crippen molar-refractivity contribution in [2.75, 3.05) is 0 Å². The van der Waals surface area contributed by atoms with E-state index < -0.39 is 24.6 Å². The van der Waals surface area contributed by atoms with Crippen molar-refractivity contribution < 1.29 is 24.8 Å². The van der Waals surface area contributed by atoms with Crippen LogP contribution in [0.25, 0.3) is 0 Å². The van der Waals surface area contributed by atoms with Gasteiger partial charge in [-0.3, -0.25) is 0 Å². The number of ether oxygens (including phenoxy) is 2. The normalized spacial score (nSPS) is 29.1.